The van der Waals surface area contributed by atoms with Crippen molar-refractivity contribution in [2.45, 2.75) is 23.7 Å². The van der Waals surface area contributed by atoms with Crippen molar-refractivity contribution in [3.05, 3.63) is 18.2 Å². The third kappa shape index (κ3) is 2.87. The molecule has 0 fully saturated rings. The summed E-state index contributed by atoms with van der Waals surface area (Å²) in [5.41, 5.74) is 1.62. The van der Waals surface area contributed by atoms with Crippen LogP contribution in [0.1, 0.15) is 6.92 Å². The van der Waals surface area contributed by atoms with Crippen molar-refractivity contribution < 1.29 is 8.78 Å². The molecule has 0 aliphatic rings. The Labute approximate surface area is 106 Å². The maximum Gasteiger partial charge on any atom is 0.258 e. The summed E-state index contributed by atoms with van der Waals surface area (Å²) in [6, 6.07) is 4.66. The van der Waals surface area contributed by atoms with E-state index in [1.54, 1.807) is 29.2 Å². The van der Waals surface area contributed by atoms with E-state index in [0.29, 0.717) is 5.69 Å². The monoisotopic (exact) mass is 274 g/mol. The lowest BCUT2D eigenvalue weighted by atomic mass is 10.2. The standard InChI is InChI=1S/C11H12F2N2S2/c1-6(10(12)13)14-7-3-4-8-9(5-7)17-11(15-8)16-2/h3-6,10,14H,1-2H3. The van der Waals surface area contributed by atoms with E-state index in [2.05, 4.69) is 10.3 Å². The predicted octanol–water partition coefficient (Wildman–Crippen LogP) is 4.08. The van der Waals surface area contributed by atoms with Gasteiger partial charge in [0.15, 0.2) is 4.34 Å². The van der Waals surface area contributed by atoms with Crippen LogP contribution in [0, 0.1) is 0 Å². The summed E-state index contributed by atoms with van der Waals surface area (Å²) in [6.45, 7) is 1.47. The molecular weight excluding hydrogens is 262 g/mol. The second kappa shape index (κ2) is 5.18. The molecular formula is C11H12F2N2S2. The van der Waals surface area contributed by atoms with Crippen LogP contribution in [0.4, 0.5) is 14.5 Å². The zero-order chi connectivity index (χ0) is 12.4. The Morgan fingerprint density at radius 2 is 2.18 bits per heavy atom. The first-order valence-electron chi connectivity index (χ1n) is 5.09. The van der Waals surface area contributed by atoms with Crippen LogP contribution in [0.3, 0.4) is 0 Å². The topological polar surface area (TPSA) is 24.9 Å². The molecule has 0 aliphatic heterocycles. The minimum atomic E-state index is -2.37. The highest BCUT2D eigenvalue weighted by Gasteiger charge is 2.14. The molecule has 2 aromatic rings. The van der Waals surface area contributed by atoms with Crippen LogP contribution >= 0.6 is 23.1 Å². The molecule has 92 valence electrons. The van der Waals surface area contributed by atoms with Crippen molar-refractivity contribution in [2.75, 3.05) is 11.6 Å². The molecule has 6 heteroatoms. The molecule has 1 aromatic carbocycles. The number of thioether (sulfide) groups is 1. The summed E-state index contributed by atoms with van der Waals surface area (Å²) in [5.74, 6) is 0. The lowest BCUT2D eigenvalue weighted by Crippen LogP contribution is -2.23. The van der Waals surface area contributed by atoms with Gasteiger partial charge in [-0.25, -0.2) is 13.8 Å². The number of hydrogen-bond acceptors (Lipinski definition) is 4. The van der Waals surface area contributed by atoms with Crippen molar-refractivity contribution in [1.29, 1.82) is 0 Å². The molecule has 17 heavy (non-hydrogen) atoms. The molecule has 0 amide bonds. The molecule has 1 unspecified atom stereocenters. The van der Waals surface area contributed by atoms with Gasteiger partial charge in [0.1, 0.15) is 0 Å². The SMILES string of the molecule is CSc1nc2ccc(NC(C)C(F)F)cc2s1. The van der Waals surface area contributed by atoms with Crippen molar-refractivity contribution >= 4 is 39.0 Å². The van der Waals surface area contributed by atoms with E-state index < -0.39 is 12.5 Å². The minimum Gasteiger partial charge on any atom is -0.377 e. The summed E-state index contributed by atoms with van der Waals surface area (Å²) in [6.07, 6.45) is -0.399. The lowest BCUT2D eigenvalue weighted by Gasteiger charge is -2.13. The molecule has 1 heterocycles. The number of hydrogen-bond donors (Lipinski definition) is 1. The van der Waals surface area contributed by atoms with Crippen LogP contribution in [0.25, 0.3) is 10.2 Å². The molecule has 2 rings (SSSR count). The molecule has 1 atom stereocenters. The third-order valence-corrected chi connectivity index (χ3v) is 4.32. The Bertz CT molecular complexity index is 513. The van der Waals surface area contributed by atoms with E-state index in [-0.39, 0.29) is 0 Å². The van der Waals surface area contributed by atoms with Gasteiger partial charge in [0.25, 0.3) is 6.43 Å². The first-order valence-corrected chi connectivity index (χ1v) is 7.13. The predicted molar refractivity (Wildman–Crippen MR) is 70.5 cm³/mol. The van der Waals surface area contributed by atoms with Crippen molar-refractivity contribution in [2.24, 2.45) is 0 Å². The number of halogens is 2. The number of thiazole rings is 1. The van der Waals surface area contributed by atoms with E-state index in [0.717, 1.165) is 14.6 Å². The van der Waals surface area contributed by atoms with Crippen LogP contribution < -0.4 is 5.32 Å². The number of rotatable bonds is 4. The number of nitrogens with one attached hydrogen (secondary N) is 1. The zero-order valence-electron chi connectivity index (χ0n) is 9.41. The maximum absolute atomic E-state index is 12.4. The van der Waals surface area contributed by atoms with Gasteiger partial charge < -0.3 is 5.32 Å². The first kappa shape index (κ1) is 12.6. The average Bonchev–Trinajstić information content (AvgIpc) is 2.70. The van der Waals surface area contributed by atoms with Gasteiger partial charge >= 0.3 is 0 Å². The first-order chi connectivity index (χ1) is 8.10. The zero-order valence-corrected chi connectivity index (χ0v) is 11.0. The maximum atomic E-state index is 12.4. The molecule has 0 saturated carbocycles. The van der Waals surface area contributed by atoms with Crippen LogP contribution in [0.5, 0.6) is 0 Å². The van der Waals surface area contributed by atoms with Crippen molar-refractivity contribution in [3.8, 4) is 0 Å². The second-order valence-electron chi connectivity index (χ2n) is 3.63. The third-order valence-electron chi connectivity index (χ3n) is 2.32. The van der Waals surface area contributed by atoms with Crippen LogP contribution in [-0.4, -0.2) is 23.7 Å². The highest BCUT2D eigenvalue weighted by Crippen LogP contribution is 2.30. The molecule has 1 N–H and O–H groups in total. The van der Waals surface area contributed by atoms with Crippen molar-refractivity contribution in [1.82, 2.24) is 4.98 Å². The average molecular weight is 274 g/mol. The highest BCUT2D eigenvalue weighted by atomic mass is 32.2. The summed E-state index contributed by atoms with van der Waals surface area (Å²) in [4.78, 5) is 4.39. The van der Waals surface area contributed by atoms with Gasteiger partial charge in [0.2, 0.25) is 0 Å². The molecule has 2 nitrogen and oxygen atoms in total. The highest BCUT2D eigenvalue weighted by molar-refractivity contribution is 8.00. The van der Waals surface area contributed by atoms with Crippen molar-refractivity contribution in [3.63, 3.8) is 0 Å². The van der Waals surface area contributed by atoms with Gasteiger partial charge in [-0.15, -0.1) is 11.3 Å². The smallest absolute Gasteiger partial charge is 0.258 e. The fourth-order valence-electron chi connectivity index (χ4n) is 1.41. The Morgan fingerprint density at radius 1 is 1.41 bits per heavy atom. The molecule has 0 bridgehead atoms. The summed E-state index contributed by atoms with van der Waals surface area (Å²) >= 11 is 3.16. The summed E-state index contributed by atoms with van der Waals surface area (Å²) in [5, 5.41) is 2.78. The second-order valence-corrected chi connectivity index (χ2v) is 5.72. The van der Waals surface area contributed by atoms with Gasteiger partial charge in [-0.05, 0) is 31.4 Å². The molecule has 0 radical (unpaired) electrons. The lowest BCUT2D eigenvalue weighted by molar-refractivity contribution is 0.131. The largest absolute Gasteiger partial charge is 0.377 e. The van der Waals surface area contributed by atoms with Gasteiger partial charge in [-0.1, -0.05) is 11.8 Å². The number of nitrogens with zero attached hydrogens (tertiary/aromatic N) is 1. The summed E-state index contributed by atoms with van der Waals surface area (Å²) < 4.78 is 26.8. The van der Waals surface area contributed by atoms with E-state index >= 15 is 0 Å². The van der Waals surface area contributed by atoms with E-state index in [1.165, 1.54) is 6.92 Å². The van der Waals surface area contributed by atoms with Crippen LogP contribution in [0.2, 0.25) is 0 Å². The number of aromatic nitrogens is 1. The molecule has 0 aliphatic carbocycles. The van der Waals surface area contributed by atoms with Crippen LogP contribution in [0.15, 0.2) is 22.5 Å². The number of fused-ring (bicyclic) bond motifs is 1. The Morgan fingerprint density at radius 3 is 2.82 bits per heavy atom. The van der Waals surface area contributed by atoms with Gasteiger partial charge in [-0.3, -0.25) is 0 Å². The fourth-order valence-corrected chi connectivity index (χ4v) is 2.94. The van der Waals surface area contributed by atoms with E-state index in [4.69, 9.17) is 0 Å². The number of benzene rings is 1. The van der Waals surface area contributed by atoms with Gasteiger partial charge in [-0.2, -0.15) is 0 Å². The number of anilines is 1. The van der Waals surface area contributed by atoms with E-state index in [9.17, 15) is 8.78 Å². The Kier molecular flexibility index (Phi) is 3.83. The number of alkyl halides is 2. The van der Waals surface area contributed by atoms with Gasteiger partial charge in [0.05, 0.1) is 16.3 Å². The quantitative estimate of drug-likeness (QED) is 0.850. The normalized spacial score (nSPS) is 13.2. The summed E-state index contributed by atoms with van der Waals surface area (Å²) in [7, 11) is 0. The molecule has 1 aromatic heterocycles. The molecule has 0 saturated heterocycles. The Hall–Kier alpha value is -0.880. The minimum absolute atomic E-state index is 0.710. The van der Waals surface area contributed by atoms with E-state index in [1.807, 2.05) is 18.4 Å². The Balaban J connectivity index is 2.25. The molecule has 0 spiro atoms. The fraction of sp³-hybridized carbons (Fsp3) is 0.364. The van der Waals surface area contributed by atoms with Crippen LogP contribution in [-0.2, 0) is 0 Å². The van der Waals surface area contributed by atoms with Gasteiger partial charge in [0, 0.05) is 5.69 Å².